The fourth-order valence-electron chi connectivity index (χ4n) is 2.25. The topological polar surface area (TPSA) is 122 Å². The van der Waals surface area contributed by atoms with E-state index in [2.05, 4.69) is 10.1 Å². The van der Waals surface area contributed by atoms with Crippen LogP contribution in [0.25, 0.3) is 0 Å². The van der Waals surface area contributed by atoms with Crippen molar-refractivity contribution in [3.63, 3.8) is 0 Å². The van der Waals surface area contributed by atoms with Gasteiger partial charge in [0, 0.05) is 18.0 Å². The van der Waals surface area contributed by atoms with Gasteiger partial charge in [0.15, 0.2) is 0 Å². The van der Waals surface area contributed by atoms with Gasteiger partial charge in [-0.15, -0.1) is 0 Å². The predicted octanol–water partition coefficient (Wildman–Crippen LogP) is 1.57. The number of esters is 1. The summed E-state index contributed by atoms with van der Waals surface area (Å²) in [5.74, 6) is -0.705. The molecule has 0 bridgehead atoms. The lowest BCUT2D eigenvalue weighted by molar-refractivity contribution is -0.140. The number of aliphatic hydroxyl groups excluding tert-OH is 1. The number of hydrogen-bond acceptors (Lipinski definition) is 6. The van der Waals surface area contributed by atoms with Gasteiger partial charge in [0.25, 0.3) is 0 Å². The highest BCUT2D eigenvalue weighted by atomic mass is 35.5. The third kappa shape index (κ3) is 9.71. The van der Waals surface area contributed by atoms with Crippen molar-refractivity contribution in [3.05, 3.63) is 29.3 Å². The molecule has 1 amide bonds. The van der Waals surface area contributed by atoms with E-state index in [-0.39, 0.29) is 15.9 Å². The molecule has 1 atom stereocenters. The average molecular weight is 421 g/mol. The van der Waals surface area contributed by atoms with Gasteiger partial charge in [-0.2, -0.15) is 4.72 Å². The van der Waals surface area contributed by atoms with Crippen molar-refractivity contribution in [3.8, 4) is 0 Å². The standard InChI is InChI=1S/C17H25ClN2O6S/c1-26-17(23)9-4-2-3-5-10-19-15(21)12-16(22)20-27(24,25)14-8-6-7-13(18)11-14/h6-8,11,16,20,22H,2-5,9-10,12H2,1H3,(H,19,21). The number of benzene rings is 1. The van der Waals surface area contributed by atoms with E-state index in [9.17, 15) is 23.1 Å². The number of ether oxygens (including phenoxy) is 1. The van der Waals surface area contributed by atoms with E-state index in [1.54, 1.807) is 0 Å². The number of halogens is 1. The highest BCUT2D eigenvalue weighted by Gasteiger charge is 2.20. The molecule has 0 spiro atoms. The molecule has 152 valence electrons. The maximum absolute atomic E-state index is 12.1. The molecule has 1 aromatic rings. The minimum Gasteiger partial charge on any atom is -0.469 e. The Hall–Kier alpha value is -1.68. The molecule has 10 heteroatoms. The smallest absolute Gasteiger partial charge is 0.305 e. The normalized spacial score (nSPS) is 12.4. The van der Waals surface area contributed by atoms with E-state index >= 15 is 0 Å². The van der Waals surface area contributed by atoms with Gasteiger partial charge in [0.2, 0.25) is 15.9 Å². The monoisotopic (exact) mass is 420 g/mol. The first kappa shape index (κ1) is 23.4. The fraction of sp³-hybridized carbons (Fsp3) is 0.529. The Morgan fingerprint density at radius 1 is 1.22 bits per heavy atom. The highest BCUT2D eigenvalue weighted by molar-refractivity contribution is 7.89. The first-order chi connectivity index (χ1) is 12.7. The SMILES string of the molecule is COC(=O)CCCCCCNC(=O)CC(O)NS(=O)(=O)c1cccc(Cl)c1. The summed E-state index contributed by atoms with van der Waals surface area (Å²) in [6, 6.07) is 5.58. The van der Waals surface area contributed by atoms with Crippen LogP contribution in [0.2, 0.25) is 5.02 Å². The van der Waals surface area contributed by atoms with Crippen LogP contribution in [0.1, 0.15) is 38.5 Å². The second-order valence-corrected chi connectivity index (χ2v) is 8.04. The number of sulfonamides is 1. The van der Waals surface area contributed by atoms with Gasteiger partial charge in [-0.25, -0.2) is 8.42 Å². The molecule has 27 heavy (non-hydrogen) atoms. The van der Waals surface area contributed by atoms with Crippen molar-refractivity contribution in [2.75, 3.05) is 13.7 Å². The summed E-state index contributed by atoms with van der Waals surface area (Å²) in [4.78, 5) is 22.6. The number of carbonyl (C=O) groups is 2. The van der Waals surface area contributed by atoms with Crippen molar-refractivity contribution in [2.24, 2.45) is 0 Å². The minimum atomic E-state index is -3.97. The summed E-state index contributed by atoms with van der Waals surface area (Å²) in [7, 11) is -2.63. The van der Waals surface area contributed by atoms with Gasteiger partial charge < -0.3 is 15.2 Å². The summed E-state index contributed by atoms with van der Waals surface area (Å²) < 4.78 is 30.8. The molecule has 0 heterocycles. The molecule has 0 aliphatic carbocycles. The maximum Gasteiger partial charge on any atom is 0.305 e. The number of amides is 1. The zero-order chi connectivity index (χ0) is 20.3. The van der Waals surface area contributed by atoms with Crippen molar-refractivity contribution in [2.45, 2.75) is 49.6 Å². The zero-order valence-electron chi connectivity index (χ0n) is 15.1. The molecular formula is C17H25ClN2O6S. The number of rotatable bonds is 12. The van der Waals surface area contributed by atoms with E-state index < -0.39 is 28.6 Å². The van der Waals surface area contributed by atoms with Crippen LogP contribution < -0.4 is 10.0 Å². The van der Waals surface area contributed by atoms with E-state index in [0.717, 1.165) is 25.7 Å². The molecule has 1 rings (SSSR count). The lowest BCUT2D eigenvalue weighted by Gasteiger charge is -2.13. The molecule has 0 saturated carbocycles. The van der Waals surface area contributed by atoms with Crippen LogP contribution in [-0.4, -0.2) is 45.3 Å². The van der Waals surface area contributed by atoms with Crippen LogP contribution in [0.4, 0.5) is 0 Å². The average Bonchev–Trinajstić information content (AvgIpc) is 2.60. The van der Waals surface area contributed by atoms with Gasteiger partial charge in [0.05, 0.1) is 18.4 Å². The Morgan fingerprint density at radius 3 is 2.59 bits per heavy atom. The zero-order valence-corrected chi connectivity index (χ0v) is 16.7. The summed E-state index contributed by atoms with van der Waals surface area (Å²) in [6.45, 7) is 0.408. The maximum atomic E-state index is 12.1. The second kappa shape index (κ2) is 11.9. The molecule has 8 nitrogen and oxygen atoms in total. The number of aliphatic hydroxyl groups is 1. The van der Waals surface area contributed by atoms with Crippen LogP contribution in [0.3, 0.4) is 0 Å². The van der Waals surface area contributed by atoms with Gasteiger partial charge in [-0.05, 0) is 31.0 Å². The Morgan fingerprint density at radius 2 is 1.93 bits per heavy atom. The lowest BCUT2D eigenvalue weighted by atomic mass is 10.1. The van der Waals surface area contributed by atoms with Gasteiger partial charge in [0.1, 0.15) is 6.23 Å². The van der Waals surface area contributed by atoms with Gasteiger partial charge in [-0.3, -0.25) is 9.59 Å². The number of nitrogens with one attached hydrogen (secondary N) is 2. The number of methoxy groups -OCH3 is 1. The van der Waals surface area contributed by atoms with Crippen LogP contribution in [0.15, 0.2) is 29.2 Å². The lowest BCUT2D eigenvalue weighted by Crippen LogP contribution is -2.39. The van der Waals surface area contributed by atoms with Crippen LogP contribution >= 0.6 is 11.6 Å². The molecule has 0 aliphatic heterocycles. The fourth-order valence-corrected chi connectivity index (χ4v) is 3.62. The molecule has 0 fully saturated rings. The van der Waals surface area contributed by atoms with E-state index in [0.29, 0.717) is 13.0 Å². The van der Waals surface area contributed by atoms with Crippen molar-refractivity contribution in [1.29, 1.82) is 0 Å². The molecule has 3 N–H and O–H groups in total. The number of unbranched alkanes of at least 4 members (excludes halogenated alkanes) is 3. The highest BCUT2D eigenvalue weighted by Crippen LogP contribution is 2.15. The second-order valence-electron chi connectivity index (χ2n) is 5.89. The Balaban J connectivity index is 2.25. The summed E-state index contributed by atoms with van der Waals surface area (Å²) in [5.41, 5.74) is 0. The van der Waals surface area contributed by atoms with Gasteiger partial charge >= 0.3 is 5.97 Å². The van der Waals surface area contributed by atoms with E-state index in [1.165, 1.54) is 31.4 Å². The quantitative estimate of drug-likeness (QED) is 0.268. The Labute approximate surface area is 164 Å². The summed E-state index contributed by atoms with van der Waals surface area (Å²) >= 11 is 5.76. The molecular weight excluding hydrogens is 396 g/mol. The first-order valence-corrected chi connectivity index (χ1v) is 10.4. The summed E-state index contributed by atoms with van der Waals surface area (Å²) in [5, 5.41) is 12.7. The van der Waals surface area contributed by atoms with Gasteiger partial charge in [-0.1, -0.05) is 30.5 Å². The predicted molar refractivity (Wildman–Crippen MR) is 101 cm³/mol. The number of carbonyl (C=O) groups excluding carboxylic acids is 2. The third-order valence-corrected chi connectivity index (χ3v) is 5.33. The minimum absolute atomic E-state index is 0.0959. The van der Waals surface area contributed by atoms with E-state index in [4.69, 9.17) is 11.6 Å². The van der Waals surface area contributed by atoms with Crippen molar-refractivity contribution < 1.29 is 27.9 Å². The molecule has 0 aliphatic rings. The van der Waals surface area contributed by atoms with Crippen LogP contribution in [0, 0.1) is 0 Å². The van der Waals surface area contributed by atoms with Crippen molar-refractivity contribution in [1.82, 2.24) is 10.0 Å². The molecule has 0 saturated heterocycles. The van der Waals surface area contributed by atoms with Crippen LogP contribution in [-0.2, 0) is 24.3 Å². The Bertz CT molecular complexity index is 726. The third-order valence-electron chi connectivity index (χ3n) is 3.63. The number of hydrogen-bond donors (Lipinski definition) is 3. The Kier molecular flexibility index (Phi) is 10.3. The first-order valence-electron chi connectivity index (χ1n) is 8.54. The van der Waals surface area contributed by atoms with Crippen LogP contribution in [0.5, 0.6) is 0 Å². The molecule has 1 aromatic carbocycles. The largest absolute Gasteiger partial charge is 0.469 e. The summed E-state index contributed by atoms with van der Waals surface area (Å²) in [6.07, 6.45) is 1.55. The van der Waals surface area contributed by atoms with Crippen molar-refractivity contribution >= 4 is 33.5 Å². The molecule has 1 unspecified atom stereocenters. The van der Waals surface area contributed by atoms with E-state index in [1.807, 2.05) is 4.72 Å². The molecule has 0 radical (unpaired) electrons. The molecule has 0 aromatic heterocycles.